The van der Waals surface area contributed by atoms with Gasteiger partial charge in [-0.2, -0.15) is 0 Å². The number of benzene rings is 1. The van der Waals surface area contributed by atoms with Crippen LogP contribution in [0.25, 0.3) is 0 Å². The van der Waals surface area contributed by atoms with E-state index < -0.39 is 0 Å². The Bertz CT molecular complexity index is 611. The van der Waals surface area contributed by atoms with Gasteiger partial charge in [-0.1, -0.05) is 11.6 Å². The molecule has 1 saturated carbocycles. The standard InChI is InChI=1S/C19H28ClNO4/c1-22-13-5-6-19(25-4)7-8-21(18(19)11-13)12-15-16(20)9-14(23-2)10-17(15)24-3/h9-10,13,18H,5-8,11-12H2,1-4H3/t13-,18+,19-/m1/s1. The Hall–Kier alpha value is -1.01. The first kappa shape index (κ1) is 18.8. The van der Waals surface area contributed by atoms with Crippen LogP contribution in [0.15, 0.2) is 12.1 Å². The highest BCUT2D eigenvalue weighted by atomic mass is 35.5. The van der Waals surface area contributed by atoms with Gasteiger partial charge in [0.25, 0.3) is 0 Å². The van der Waals surface area contributed by atoms with Gasteiger partial charge in [0, 0.05) is 45.0 Å². The average Bonchev–Trinajstić information content (AvgIpc) is 3.01. The topological polar surface area (TPSA) is 40.2 Å². The van der Waals surface area contributed by atoms with Gasteiger partial charge in [-0.25, -0.2) is 0 Å². The van der Waals surface area contributed by atoms with Crippen LogP contribution < -0.4 is 9.47 Å². The Kier molecular flexibility index (Phi) is 5.78. The van der Waals surface area contributed by atoms with Crippen LogP contribution >= 0.6 is 11.6 Å². The molecule has 0 N–H and O–H groups in total. The van der Waals surface area contributed by atoms with E-state index in [0.717, 1.165) is 50.1 Å². The van der Waals surface area contributed by atoms with Crippen LogP contribution in [0.3, 0.4) is 0 Å². The smallest absolute Gasteiger partial charge is 0.128 e. The number of hydrogen-bond acceptors (Lipinski definition) is 5. The number of ether oxygens (including phenoxy) is 4. The van der Waals surface area contributed by atoms with Crippen LogP contribution in [0.2, 0.25) is 5.02 Å². The Labute approximate surface area is 155 Å². The van der Waals surface area contributed by atoms with Crippen molar-refractivity contribution in [2.24, 2.45) is 0 Å². The van der Waals surface area contributed by atoms with Gasteiger partial charge < -0.3 is 18.9 Å². The van der Waals surface area contributed by atoms with E-state index in [0.29, 0.717) is 22.9 Å². The molecule has 0 spiro atoms. The summed E-state index contributed by atoms with van der Waals surface area (Å²) in [6.07, 6.45) is 4.42. The third kappa shape index (κ3) is 3.47. The summed E-state index contributed by atoms with van der Waals surface area (Å²) in [7, 11) is 6.93. The number of halogens is 1. The van der Waals surface area contributed by atoms with Gasteiger partial charge in [0.2, 0.25) is 0 Å². The normalized spacial score (nSPS) is 29.5. The maximum Gasteiger partial charge on any atom is 0.128 e. The molecule has 0 unspecified atom stereocenters. The Balaban J connectivity index is 1.85. The zero-order chi connectivity index (χ0) is 18.0. The van der Waals surface area contributed by atoms with Gasteiger partial charge in [-0.3, -0.25) is 4.90 Å². The molecule has 1 aliphatic heterocycles. The van der Waals surface area contributed by atoms with E-state index in [9.17, 15) is 0 Å². The number of likely N-dealkylation sites (tertiary alicyclic amines) is 1. The molecule has 2 fully saturated rings. The number of nitrogens with zero attached hydrogens (tertiary/aromatic N) is 1. The Morgan fingerprint density at radius 2 is 1.96 bits per heavy atom. The van der Waals surface area contributed by atoms with E-state index >= 15 is 0 Å². The van der Waals surface area contributed by atoms with Gasteiger partial charge in [0.1, 0.15) is 11.5 Å². The van der Waals surface area contributed by atoms with Crippen LogP contribution in [0.4, 0.5) is 0 Å². The second-order valence-corrected chi connectivity index (χ2v) is 7.33. The second kappa shape index (κ2) is 7.70. The van der Waals surface area contributed by atoms with E-state index in [-0.39, 0.29) is 5.60 Å². The van der Waals surface area contributed by atoms with Gasteiger partial charge >= 0.3 is 0 Å². The van der Waals surface area contributed by atoms with Crippen LogP contribution in [0.5, 0.6) is 11.5 Å². The summed E-state index contributed by atoms with van der Waals surface area (Å²) in [5.41, 5.74) is 0.928. The number of methoxy groups -OCH3 is 4. The fraction of sp³-hybridized carbons (Fsp3) is 0.684. The predicted octanol–water partition coefficient (Wildman–Crippen LogP) is 3.52. The highest BCUT2D eigenvalue weighted by Gasteiger charge is 2.51. The quantitative estimate of drug-likeness (QED) is 0.767. The van der Waals surface area contributed by atoms with Crippen LogP contribution in [0.1, 0.15) is 31.2 Å². The van der Waals surface area contributed by atoms with E-state index in [2.05, 4.69) is 4.90 Å². The highest BCUT2D eigenvalue weighted by Crippen LogP contribution is 2.44. The molecule has 5 nitrogen and oxygen atoms in total. The van der Waals surface area contributed by atoms with Crippen molar-refractivity contribution in [3.05, 3.63) is 22.7 Å². The van der Waals surface area contributed by atoms with Crippen molar-refractivity contribution in [3.8, 4) is 11.5 Å². The molecule has 0 radical (unpaired) electrons. The maximum atomic E-state index is 6.53. The monoisotopic (exact) mass is 369 g/mol. The molecular formula is C19H28ClNO4. The van der Waals surface area contributed by atoms with E-state index in [1.165, 1.54) is 0 Å². The minimum absolute atomic E-state index is 0.0682. The summed E-state index contributed by atoms with van der Waals surface area (Å²) in [5, 5.41) is 0.671. The fourth-order valence-corrected chi connectivity index (χ4v) is 4.66. The van der Waals surface area contributed by atoms with Crippen molar-refractivity contribution in [1.82, 2.24) is 4.90 Å². The molecule has 2 aliphatic rings. The van der Waals surface area contributed by atoms with Crippen LogP contribution in [-0.2, 0) is 16.0 Å². The molecule has 0 amide bonds. The van der Waals surface area contributed by atoms with Crippen molar-refractivity contribution >= 4 is 11.6 Å². The summed E-state index contributed by atoms with van der Waals surface area (Å²) < 4.78 is 22.5. The molecule has 1 saturated heterocycles. The van der Waals surface area contributed by atoms with Crippen molar-refractivity contribution < 1.29 is 18.9 Å². The van der Waals surface area contributed by atoms with E-state index in [1.807, 2.05) is 19.2 Å². The Morgan fingerprint density at radius 3 is 2.60 bits per heavy atom. The van der Waals surface area contributed by atoms with Gasteiger partial charge in [-0.05, 0) is 31.7 Å². The second-order valence-electron chi connectivity index (χ2n) is 6.93. The summed E-state index contributed by atoms with van der Waals surface area (Å²) in [6, 6.07) is 4.07. The largest absolute Gasteiger partial charge is 0.497 e. The summed E-state index contributed by atoms with van der Waals surface area (Å²) in [4.78, 5) is 2.46. The van der Waals surface area contributed by atoms with Crippen LogP contribution in [0, 0.1) is 0 Å². The summed E-state index contributed by atoms with van der Waals surface area (Å²) in [5.74, 6) is 1.47. The zero-order valence-corrected chi connectivity index (χ0v) is 16.3. The van der Waals surface area contributed by atoms with Crippen molar-refractivity contribution in [2.45, 2.75) is 50.0 Å². The minimum Gasteiger partial charge on any atom is -0.497 e. The lowest BCUT2D eigenvalue weighted by molar-refractivity contribution is -0.0947. The number of rotatable bonds is 6. The summed E-state index contributed by atoms with van der Waals surface area (Å²) in [6.45, 7) is 1.72. The van der Waals surface area contributed by atoms with E-state index in [4.69, 9.17) is 30.5 Å². The molecule has 1 heterocycles. The number of hydrogen-bond donors (Lipinski definition) is 0. The molecule has 25 heavy (non-hydrogen) atoms. The molecule has 1 aliphatic carbocycles. The lowest BCUT2D eigenvalue weighted by atomic mass is 9.79. The van der Waals surface area contributed by atoms with Crippen LogP contribution in [-0.4, -0.2) is 57.6 Å². The lowest BCUT2D eigenvalue weighted by Gasteiger charge is -2.43. The lowest BCUT2D eigenvalue weighted by Crippen LogP contribution is -2.51. The Morgan fingerprint density at radius 1 is 1.16 bits per heavy atom. The molecular weight excluding hydrogens is 342 g/mol. The first-order valence-corrected chi connectivity index (χ1v) is 9.17. The molecule has 6 heteroatoms. The molecule has 1 aromatic rings. The zero-order valence-electron chi connectivity index (χ0n) is 15.5. The molecule has 3 atom stereocenters. The average molecular weight is 370 g/mol. The van der Waals surface area contributed by atoms with Gasteiger partial charge in [0.15, 0.2) is 0 Å². The third-order valence-corrected chi connectivity index (χ3v) is 6.27. The first-order valence-electron chi connectivity index (χ1n) is 8.79. The molecule has 1 aromatic carbocycles. The number of fused-ring (bicyclic) bond motifs is 1. The predicted molar refractivity (Wildman–Crippen MR) is 97.8 cm³/mol. The van der Waals surface area contributed by atoms with E-state index in [1.54, 1.807) is 21.3 Å². The van der Waals surface area contributed by atoms with Crippen molar-refractivity contribution in [2.75, 3.05) is 35.0 Å². The molecule has 0 aromatic heterocycles. The SMILES string of the molecule is COc1cc(Cl)c(CN2CC[C@]3(OC)CC[C@@H](OC)C[C@H]23)c(OC)c1. The highest BCUT2D eigenvalue weighted by molar-refractivity contribution is 6.31. The van der Waals surface area contributed by atoms with Crippen molar-refractivity contribution in [3.63, 3.8) is 0 Å². The summed E-state index contributed by atoms with van der Waals surface area (Å²) >= 11 is 6.53. The first-order chi connectivity index (χ1) is 12.1. The molecule has 0 bridgehead atoms. The maximum absolute atomic E-state index is 6.53. The van der Waals surface area contributed by atoms with Gasteiger partial charge in [-0.15, -0.1) is 0 Å². The van der Waals surface area contributed by atoms with Crippen molar-refractivity contribution in [1.29, 1.82) is 0 Å². The fourth-order valence-electron chi connectivity index (χ4n) is 4.40. The molecule has 3 rings (SSSR count). The minimum atomic E-state index is -0.0682. The van der Waals surface area contributed by atoms with Gasteiger partial charge in [0.05, 0.1) is 30.9 Å². The third-order valence-electron chi connectivity index (χ3n) is 5.93. The molecule has 140 valence electrons.